The monoisotopic (exact) mass is 241 g/mol. The van der Waals surface area contributed by atoms with Crippen molar-refractivity contribution >= 4 is 17.4 Å². The molecule has 0 radical (unpaired) electrons. The van der Waals surface area contributed by atoms with Crippen molar-refractivity contribution in [1.29, 1.82) is 0 Å². The number of ketones is 1. The lowest BCUT2D eigenvalue weighted by Gasteiger charge is -2.11. The van der Waals surface area contributed by atoms with Gasteiger partial charge in [-0.25, -0.2) is 0 Å². The predicted octanol–water partition coefficient (Wildman–Crippen LogP) is 2.06. The van der Waals surface area contributed by atoms with Crippen LogP contribution in [0.4, 0.5) is 0 Å². The Labute approximate surface area is 101 Å². The SMILES string of the molecule is COc1ccc(Cl)cc1CC(=O)C(C)CN. The lowest BCUT2D eigenvalue weighted by Crippen LogP contribution is -2.22. The molecule has 0 aromatic heterocycles. The first-order valence-corrected chi connectivity index (χ1v) is 5.51. The van der Waals surface area contributed by atoms with Crippen LogP contribution in [0.3, 0.4) is 0 Å². The molecule has 3 nitrogen and oxygen atoms in total. The number of benzene rings is 1. The highest BCUT2D eigenvalue weighted by atomic mass is 35.5. The fourth-order valence-corrected chi connectivity index (χ4v) is 1.57. The Morgan fingerprint density at radius 3 is 2.81 bits per heavy atom. The van der Waals surface area contributed by atoms with Crippen molar-refractivity contribution in [3.8, 4) is 5.75 Å². The van der Waals surface area contributed by atoms with E-state index in [1.165, 1.54) is 0 Å². The van der Waals surface area contributed by atoms with E-state index in [0.717, 1.165) is 5.56 Å². The van der Waals surface area contributed by atoms with Crippen LogP contribution in [0.2, 0.25) is 5.02 Å². The molecule has 0 fully saturated rings. The molecule has 1 rings (SSSR count). The molecule has 0 saturated heterocycles. The fourth-order valence-electron chi connectivity index (χ4n) is 1.38. The first-order chi connectivity index (χ1) is 7.58. The van der Waals surface area contributed by atoms with Gasteiger partial charge in [-0.05, 0) is 18.2 Å². The van der Waals surface area contributed by atoms with Crippen molar-refractivity contribution in [2.75, 3.05) is 13.7 Å². The molecule has 0 aliphatic rings. The molecule has 1 aromatic carbocycles. The summed E-state index contributed by atoms with van der Waals surface area (Å²) < 4.78 is 5.17. The first kappa shape index (κ1) is 13.0. The molecule has 4 heteroatoms. The van der Waals surface area contributed by atoms with Gasteiger partial charge in [0.15, 0.2) is 0 Å². The summed E-state index contributed by atoms with van der Waals surface area (Å²) in [5.41, 5.74) is 6.25. The Morgan fingerprint density at radius 1 is 1.56 bits per heavy atom. The number of hydrogen-bond donors (Lipinski definition) is 1. The standard InChI is InChI=1S/C12H16ClNO2/c1-8(7-14)11(15)6-9-5-10(13)3-4-12(9)16-2/h3-5,8H,6-7,14H2,1-2H3. The van der Waals surface area contributed by atoms with Crippen molar-refractivity contribution in [3.05, 3.63) is 28.8 Å². The van der Waals surface area contributed by atoms with Gasteiger partial charge >= 0.3 is 0 Å². The topological polar surface area (TPSA) is 52.3 Å². The second kappa shape index (κ2) is 5.87. The third-order valence-corrected chi connectivity index (χ3v) is 2.75. The second-order valence-corrected chi connectivity index (χ2v) is 4.17. The summed E-state index contributed by atoms with van der Waals surface area (Å²) in [5.74, 6) is 0.647. The van der Waals surface area contributed by atoms with E-state index in [0.29, 0.717) is 23.7 Å². The molecule has 88 valence electrons. The molecule has 1 unspecified atom stereocenters. The average Bonchev–Trinajstić information content (AvgIpc) is 2.28. The quantitative estimate of drug-likeness (QED) is 0.859. The van der Waals surface area contributed by atoms with E-state index in [4.69, 9.17) is 22.1 Å². The van der Waals surface area contributed by atoms with Crippen molar-refractivity contribution in [2.45, 2.75) is 13.3 Å². The Balaban J connectivity index is 2.87. The van der Waals surface area contributed by atoms with Crippen LogP contribution in [0.5, 0.6) is 5.75 Å². The molecule has 0 heterocycles. The molecular formula is C12H16ClNO2. The maximum atomic E-state index is 11.7. The predicted molar refractivity (Wildman–Crippen MR) is 64.9 cm³/mol. The number of methoxy groups -OCH3 is 1. The summed E-state index contributed by atoms with van der Waals surface area (Å²) in [7, 11) is 1.57. The van der Waals surface area contributed by atoms with E-state index in [-0.39, 0.29) is 11.7 Å². The Bertz CT molecular complexity index is 379. The summed E-state index contributed by atoms with van der Waals surface area (Å²) >= 11 is 5.88. The summed E-state index contributed by atoms with van der Waals surface area (Å²) in [5, 5.41) is 0.601. The number of carbonyl (C=O) groups excluding carboxylic acids is 1. The number of halogens is 1. The molecular weight excluding hydrogens is 226 g/mol. The van der Waals surface area contributed by atoms with Crippen molar-refractivity contribution < 1.29 is 9.53 Å². The van der Waals surface area contributed by atoms with Crippen LogP contribution in [-0.4, -0.2) is 19.4 Å². The largest absolute Gasteiger partial charge is 0.496 e. The second-order valence-electron chi connectivity index (χ2n) is 3.74. The maximum Gasteiger partial charge on any atom is 0.141 e. The van der Waals surface area contributed by atoms with Gasteiger partial charge in [-0.2, -0.15) is 0 Å². The Kier molecular flexibility index (Phi) is 4.77. The zero-order valence-electron chi connectivity index (χ0n) is 9.50. The van der Waals surface area contributed by atoms with Crippen molar-refractivity contribution in [3.63, 3.8) is 0 Å². The van der Waals surface area contributed by atoms with E-state index >= 15 is 0 Å². The molecule has 16 heavy (non-hydrogen) atoms. The van der Waals surface area contributed by atoms with Gasteiger partial charge in [0.05, 0.1) is 7.11 Å². The summed E-state index contributed by atoms with van der Waals surface area (Å²) in [6.07, 6.45) is 0.308. The van der Waals surface area contributed by atoms with E-state index < -0.39 is 0 Å². The van der Waals surface area contributed by atoms with Gasteiger partial charge in [-0.15, -0.1) is 0 Å². The van der Waals surface area contributed by atoms with Crippen LogP contribution in [0.15, 0.2) is 18.2 Å². The Hall–Kier alpha value is -1.06. The highest BCUT2D eigenvalue weighted by molar-refractivity contribution is 6.30. The number of carbonyl (C=O) groups is 1. The Morgan fingerprint density at radius 2 is 2.25 bits per heavy atom. The van der Waals surface area contributed by atoms with E-state index in [1.807, 2.05) is 6.92 Å². The normalized spacial score (nSPS) is 12.2. The van der Waals surface area contributed by atoms with Crippen LogP contribution in [0, 0.1) is 5.92 Å². The minimum atomic E-state index is -0.135. The van der Waals surface area contributed by atoms with Crippen molar-refractivity contribution in [1.82, 2.24) is 0 Å². The minimum absolute atomic E-state index is 0.100. The lowest BCUT2D eigenvalue weighted by molar-refractivity contribution is -0.121. The van der Waals surface area contributed by atoms with Crippen LogP contribution >= 0.6 is 11.6 Å². The van der Waals surface area contributed by atoms with Crippen molar-refractivity contribution in [2.24, 2.45) is 11.7 Å². The molecule has 0 aliphatic carbocycles. The van der Waals surface area contributed by atoms with E-state index in [2.05, 4.69) is 0 Å². The molecule has 0 spiro atoms. The van der Waals surface area contributed by atoms with Gasteiger partial charge < -0.3 is 10.5 Å². The van der Waals surface area contributed by atoms with Crippen LogP contribution < -0.4 is 10.5 Å². The summed E-state index contributed by atoms with van der Waals surface area (Å²) in [6, 6.07) is 5.25. The first-order valence-electron chi connectivity index (χ1n) is 5.13. The number of ether oxygens (including phenoxy) is 1. The van der Waals surface area contributed by atoms with Crippen LogP contribution in [0.25, 0.3) is 0 Å². The van der Waals surface area contributed by atoms with Crippen LogP contribution in [-0.2, 0) is 11.2 Å². The highest BCUT2D eigenvalue weighted by Gasteiger charge is 2.14. The van der Waals surface area contributed by atoms with Gasteiger partial charge in [-0.3, -0.25) is 4.79 Å². The lowest BCUT2D eigenvalue weighted by atomic mass is 9.99. The number of Topliss-reactive ketones (excluding diaryl/α,β-unsaturated/α-hetero) is 1. The van der Waals surface area contributed by atoms with Gasteiger partial charge in [0.1, 0.15) is 11.5 Å². The molecule has 0 bridgehead atoms. The highest BCUT2D eigenvalue weighted by Crippen LogP contribution is 2.23. The maximum absolute atomic E-state index is 11.7. The third kappa shape index (κ3) is 3.22. The molecule has 1 aromatic rings. The third-order valence-electron chi connectivity index (χ3n) is 2.51. The zero-order valence-corrected chi connectivity index (χ0v) is 10.3. The van der Waals surface area contributed by atoms with Crippen LogP contribution in [0.1, 0.15) is 12.5 Å². The fraction of sp³-hybridized carbons (Fsp3) is 0.417. The van der Waals surface area contributed by atoms with Gasteiger partial charge in [0, 0.05) is 29.5 Å². The number of nitrogens with two attached hydrogens (primary N) is 1. The number of rotatable bonds is 5. The van der Waals surface area contributed by atoms with Gasteiger partial charge in [0.25, 0.3) is 0 Å². The van der Waals surface area contributed by atoms with Gasteiger partial charge in [-0.1, -0.05) is 18.5 Å². The van der Waals surface area contributed by atoms with E-state index in [1.54, 1.807) is 25.3 Å². The minimum Gasteiger partial charge on any atom is -0.496 e. The molecule has 0 amide bonds. The average molecular weight is 242 g/mol. The molecule has 2 N–H and O–H groups in total. The molecule has 1 atom stereocenters. The molecule has 0 saturated carbocycles. The van der Waals surface area contributed by atoms with E-state index in [9.17, 15) is 4.79 Å². The number of hydrogen-bond acceptors (Lipinski definition) is 3. The smallest absolute Gasteiger partial charge is 0.141 e. The summed E-state index contributed by atoms with van der Waals surface area (Å²) in [4.78, 5) is 11.7. The van der Waals surface area contributed by atoms with Gasteiger partial charge in [0.2, 0.25) is 0 Å². The molecule has 0 aliphatic heterocycles. The zero-order chi connectivity index (χ0) is 12.1. The summed E-state index contributed by atoms with van der Waals surface area (Å²) in [6.45, 7) is 2.18.